The lowest BCUT2D eigenvalue weighted by Crippen LogP contribution is -2.49. The minimum atomic E-state index is -0.676. The van der Waals surface area contributed by atoms with Crippen LogP contribution in [0.5, 0.6) is 0 Å². The molecule has 0 aliphatic carbocycles. The lowest BCUT2D eigenvalue weighted by Gasteiger charge is -2.42. The standard InChI is InChI=1S/C18H37NO3/c1-7-8-9-10-11-12-15(21)19(6)13-17(2,3)16(22)18(4,5)14-20/h16,20,22H,7-14H2,1-6H3. The number of nitrogens with zero attached hydrogens (tertiary/aromatic N) is 1. The highest BCUT2D eigenvalue weighted by Crippen LogP contribution is 2.34. The molecule has 0 saturated heterocycles. The summed E-state index contributed by atoms with van der Waals surface area (Å²) < 4.78 is 0. The summed E-state index contributed by atoms with van der Waals surface area (Å²) in [5.41, 5.74) is -1.04. The van der Waals surface area contributed by atoms with Gasteiger partial charge in [0, 0.05) is 30.8 Å². The van der Waals surface area contributed by atoms with Crippen molar-refractivity contribution in [3.05, 3.63) is 0 Å². The van der Waals surface area contributed by atoms with Crippen molar-refractivity contribution in [3.8, 4) is 0 Å². The normalized spacial score (nSPS) is 14.0. The minimum Gasteiger partial charge on any atom is -0.396 e. The first-order valence-corrected chi connectivity index (χ1v) is 8.61. The summed E-state index contributed by atoms with van der Waals surface area (Å²) in [6.07, 6.45) is 5.59. The summed E-state index contributed by atoms with van der Waals surface area (Å²) in [7, 11) is 1.80. The summed E-state index contributed by atoms with van der Waals surface area (Å²) in [5, 5.41) is 19.9. The molecule has 0 aliphatic heterocycles. The highest BCUT2D eigenvalue weighted by Gasteiger charge is 2.40. The first-order valence-electron chi connectivity index (χ1n) is 8.61. The van der Waals surface area contributed by atoms with Gasteiger partial charge in [0.1, 0.15) is 0 Å². The van der Waals surface area contributed by atoms with E-state index in [-0.39, 0.29) is 12.5 Å². The molecular formula is C18H37NO3. The Hall–Kier alpha value is -0.610. The average Bonchev–Trinajstić information content (AvgIpc) is 2.45. The molecule has 0 aromatic rings. The molecule has 0 radical (unpaired) electrons. The maximum Gasteiger partial charge on any atom is 0.222 e. The number of aliphatic hydroxyl groups is 2. The summed E-state index contributed by atoms with van der Waals surface area (Å²) in [6.45, 7) is 10.2. The van der Waals surface area contributed by atoms with E-state index in [1.165, 1.54) is 19.3 Å². The number of aliphatic hydroxyl groups excluding tert-OH is 2. The number of hydrogen-bond acceptors (Lipinski definition) is 3. The first kappa shape index (κ1) is 21.4. The first-order chi connectivity index (χ1) is 10.1. The monoisotopic (exact) mass is 315 g/mol. The molecule has 4 nitrogen and oxygen atoms in total. The topological polar surface area (TPSA) is 60.8 Å². The lowest BCUT2D eigenvalue weighted by atomic mass is 9.72. The van der Waals surface area contributed by atoms with E-state index in [0.717, 1.165) is 12.8 Å². The van der Waals surface area contributed by atoms with Gasteiger partial charge in [-0.25, -0.2) is 0 Å². The molecule has 0 fully saturated rings. The van der Waals surface area contributed by atoms with Gasteiger partial charge in [-0.15, -0.1) is 0 Å². The van der Waals surface area contributed by atoms with Gasteiger partial charge >= 0.3 is 0 Å². The molecule has 0 heterocycles. The summed E-state index contributed by atoms with van der Waals surface area (Å²) in [6, 6.07) is 0. The maximum absolute atomic E-state index is 12.2. The molecule has 0 saturated carbocycles. The van der Waals surface area contributed by atoms with E-state index >= 15 is 0 Å². The molecule has 1 unspecified atom stereocenters. The minimum absolute atomic E-state index is 0.0767. The van der Waals surface area contributed by atoms with Gasteiger partial charge in [-0.05, 0) is 6.42 Å². The van der Waals surface area contributed by atoms with Gasteiger partial charge in [-0.2, -0.15) is 0 Å². The van der Waals surface area contributed by atoms with E-state index in [1.807, 2.05) is 27.7 Å². The summed E-state index contributed by atoms with van der Waals surface area (Å²) in [5.74, 6) is 0.138. The predicted octanol–water partition coefficient (Wildman–Crippen LogP) is 3.21. The average molecular weight is 315 g/mol. The van der Waals surface area contributed by atoms with Crippen LogP contribution in [-0.2, 0) is 4.79 Å². The number of amides is 1. The molecule has 132 valence electrons. The fourth-order valence-corrected chi connectivity index (χ4v) is 3.00. The van der Waals surface area contributed by atoms with Crippen LogP contribution in [0.4, 0.5) is 0 Å². The molecule has 22 heavy (non-hydrogen) atoms. The Balaban J connectivity index is 4.37. The zero-order chi connectivity index (χ0) is 17.4. The number of hydrogen-bond donors (Lipinski definition) is 2. The van der Waals surface area contributed by atoms with Gasteiger partial charge in [0.25, 0.3) is 0 Å². The van der Waals surface area contributed by atoms with Gasteiger partial charge in [-0.1, -0.05) is 60.3 Å². The van der Waals surface area contributed by atoms with Crippen LogP contribution in [0.25, 0.3) is 0 Å². The van der Waals surface area contributed by atoms with Crippen LogP contribution in [0.15, 0.2) is 0 Å². The van der Waals surface area contributed by atoms with Gasteiger partial charge in [0.2, 0.25) is 5.91 Å². The van der Waals surface area contributed by atoms with Crippen molar-refractivity contribution in [2.24, 2.45) is 10.8 Å². The third-order valence-corrected chi connectivity index (χ3v) is 4.45. The van der Waals surface area contributed by atoms with Crippen LogP contribution in [-0.4, -0.2) is 47.3 Å². The van der Waals surface area contributed by atoms with E-state index in [4.69, 9.17) is 0 Å². The third-order valence-electron chi connectivity index (χ3n) is 4.45. The quantitative estimate of drug-likeness (QED) is 0.576. The summed E-state index contributed by atoms with van der Waals surface area (Å²) in [4.78, 5) is 13.9. The second-order valence-corrected chi connectivity index (χ2v) is 7.95. The van der Waals surface area contributed by atoms with Gasteiger partial charge < -0.3 is 15.1 Å². The lowest BCUT2D eigenvalue weighted by molar-refractivity contribution is -0.134. The fraction of sp³-hybridized carbons (Fsp3) is 0.944. The molecular weight excluding hydrogens is 278 g/mol. The zero-order valence-corrected chi connectivity index (χ0v) is 15.5. The predicted molar refractivity (Wildman–Crippen MR) is 91.7 cm³/mol. The Bertz CT molecular complexity index is 326. The SMILES string of the molecule is CCCCCCCC(=O)N(C)CC(C)(C)C(O)C(C)(C)CO. The van der Waals surface area contributed by atoms with Gasteiger partial charge in [-0.3, -0.25) is 4.79 Å². The molecule has 1 atom stereocenters. The number of carbonyl (C=O) groups is 1. The smallest absolute Gasteiger partial charge is 0.222 e. The second kappa shape index (κ2) is 9.51. The molecule has 4 heteroatoms. The fourth-order valence-electron chi connectivity index (χ4n) is 3.00. The third kappa shape index (κ3) is 7.10. The van der Waals surface area contributed by atoms with E-state index in [0.29, 0.717) is 13.0 Å². The Morgan fingerprint density at radius 2 is 1.59 bits per heavy atom. The maximum atomic E-state index is 12.2. The van der Waals surface area contributed by atoms with Gasteiger partial charge in [0.15, 0.2) is 0 Å². The molecule has 0 aliphatic rings. The van der Waals surface area contributed by atoms with Crippen molar-refractivity contribution in [2.45, 2.75) is 79.2 Å². The van der Waals surface area contributed by atoms with Crippen molar-refractivity contribution in [2.75, 3.05) is 20.2 Å². The van der Waals surface area contributed by atoms with E-state index in [9.17, 15) is 15.0 Å². The molecule has 0 bridgehead atoms. The van der Waals surface area contributed by atoms with Crippen molar-refractivity contribution in [3.63, 3.8) is 0 Å². The van der Waals surface area contributed by atoms with Crippen molar-refractivity contribution in [1.29, 1.82) is 0 Å². The Morgan fingerprint density at radius 1 is 1.05 bits per heavy atom. The molecule has 2 N–H and O–H groups in total. The molecule has 0 aromatic carbocycles. The van der Waals surface area contributed by atoms with E-state index in [1.54, 1.807) is 11.9 Å². The number of unbranched alkanes of at least 4 members (excludes halogenated alkanes) is 4. The van der Waals surface area contributed by atoms with Crippen LogP contribution in [0.2, 0.25) is 0 Å². The van der Waals surface area contributed by atoms with E-state index in [2.05, 4.69) is 6.92 Å². The van der Waals surface area contributed by atoms with Crippen LogP contribution >= 0.6 is 0 Å². The highest BCUT2D eigenvalue weighted by molar-refractivity contribution is 5.75. The number of carbonyl (C=O) groups excluding carboxylic acids is 1. The van der Waals surface area contributed by atoms with Crippen LogP contribution in [0.1, 0.15) is 73.1 Å². The molecule has 0 spiro atoms. The van der Waals surface area contributed by atoms with Crippen molar-refractivity contribution >= 4 is 5.91 Å². The Kier molecular flexibility index (Phi) is 9.25. The molecule has 0 rings (SSSR count). The van der Waals surface area contributed by atoms with Crippen molar-refractivity contribution < 1.29 is 15.0 Å². The molecule has 0 aromatic heterocycles. The van der Waals surface area contributed by atoms with Gasteiger partial charge in [0.05, 0.1) is 12.7 Å². The second-order valence-electron chi connectivity index (χ2n) is 7.95. The Labute approximate surface area is 136 Å². The largest absolute Gasteiger partial charge is 0.396 e. The van der Waals surface area contributed by atoms with Crippen LogP contribution in [0, 0.1) is 10.8 Å². The Morgan fingerprint density at radius 3 is 2.09 bits per heavy atom. The zero-order valence-electron chi connectivity index (χ0n) is 15.5. The molecule has 1 amide bonds. The van der Waals surface area contributed by atoms with Crippen LogP contribution in [0.3, 0.4) is 0 Å². The highest BCUT2D eigenvalue weighted by atomic mass is 16.3. The summed E-state index contributed by atoms with van der Waals surface area (Å²) >= 11 is 0. The number of rotatable bonds is 11. The van der Waals surface area contributed by atoms with Crippen molar-refractivity contribution in [1.82, 2.24) is 4.90 Å². The van der Waals surface area contributed by atoms with Crippen LogP contribution < -0.4 is 0 Å². The van der Waals surface area contributed by atoms with E-state index < -0.39 is 16.9 Å².